The van der Waals surface area contributed by atoms with Crippen molar-refractivity contribution in [1.29, 1.82) is 0 Å². The minimum Gasteiger partial charge on any atom is -0.334 e. The average Bonchev–Trinajstić information content (AvgIpc) is 2.19. The van der Waals surface area contributed by atoms with Gasteiger partial charge in [-0.15, -0.1) is 6.58 Å². The van der Waals surface area contributed by atoms with E-state index in [2.05, 4.69) is 23.7 Å². The Balaban J connectivity index is 2.74. The minimum atomic E-state index is -0.0360. The van der Waals surface area contributed by atoms with Crippen LogP contribution in [0.15, 0.2) is 12.7 Å². The molecule has 15 heavy (non-hydrogen) atoms. The molecule has 1 saturated heterocycles. The first-order chi connectivity index (χ1) is 7.11. The van der Waals surface area contributed by atoms with E-state index in [9.17, 15) is 4.79 Å². The van der Waals surface area contributed by atoms with E-state index in [-0.39, 0.29) is 18.0 Å². The number of likely N-dealkylation sites (N-methyl/N-ethyl adjacent to an activating group) is 2. The molecule has 2 unspecified atom stereocenters. The van der Waals surface area contributed by atoms with Crippen LogP contribution in [0.5, 0.6) is 0 Å². The van der Waals surface area contributed by atoms with Crippen molar-refractivity contribution >= 4 is 5.91 Å². The van der Waals surface area contributed by atoms with Crippen LogP contribution in [0.3, 0.4) is 0 Å². The van der Waals surface area contributed by atoms with E-state index in [0.29, 0.717) is 13.1 Å². The molecule has 0 bridgehead atoms. The van der Waals surface area contributed by atoms with Gasteiger partial charge < -0.3 is 10.2 Å². The molecule has 0 radical (unpaired) electrons. The van der Waals surface area contributed by atoms with Crippen LogP contribution in [0, 0.1) is 0 Å². The lowest BCUT2D eigenvalue weighted by Crippen LogP contribution is -2.61. The number of piperazine rings is 1. The quantitative estimate of drug-likeness (QED) is 0.661. The highest BCUT2D eigenvalue weighted by Crippen LogP contribution is 2.14. The zero-order chi connectivity index (χ0) is 11.4. The second kappa shape index (κ2) is 5.28. The highest BCUT2D eigenvalue weighted by molar-refractivity contribution is 5.83. The van der Waals surface area contributed by atoms with E-state index in [4.69, 9.17) is 0 Å². The lowest BCUT2D eigenvalue weighted by molar-refractivity contribution is -0.143. The number of carbonyl (C=O) groups is 1. The van der Waals surface area contributed by atoms with E-state index in [0.717, 1.165) is 6.54 Å². The molecule has 1 amide bonds. The number of nitrogens with one attached hydrogen (secondary N) is 1. The topological polar surface area (TPSA) is 35.6 Å². The Labute approximate surface area is 91.9 Å². The summed E-state index contributed by atoms with van der Waals surface area (Å²) in [5.74, 6) is 0.200. The van der Waals surface area contributed by atoms with Gasteiger partial charge in [-0.2, -0.15) is 0 Å². The van der Waals surface area contributed by atoms with Gasteiger partial charge in [-0.05, 0) is 21.0 Å². The van der Waals surface area contributed by atoms with Gasteiger partial charge in [-0.25, -0.2) is 0 Å². The first kappa shape index (κ1) is 12.2. The third-order valence-electron chi connectivity index (χ3n) is 2.91. The van der Waals surface area contributed by atoms with Crippen molar-refractivity contribution in [3.8, 4) is 0 Å². The van der Waals surface area contributed by atoms with E-state index in [1.165, 1.54) is 0 Å². The molecular formula is C11H21N3O. The lowest BCUT2D eigenvalue weighted by atomic mass is 10.1. The van der Waals surface area contributed by atoms with E-state index < -0.39 is 0 Å². The Bertz CT molecular complexity index is 242. The SMILES string of the molecule is C=CCN1C(=O)C(CNC)N(C)CC1C. The smallest absolute Gasteiger partial charge is 0.241 e. The highest BCUT2D eigenvalue weighted by atomic mass is 16.2. The molecule has 4 heteroatoms. The summed E-state index contributed by atoms with van der Waals surface area (Å²) in [7, 11) is 3.87. The van der Waals surface area contributed by atoms with Crippen molar-refractivity contribution in [2.45, 2.75) is 19.0 Å². The molecule has 4 nitrogen and oxygen atoms in total. The summed E-state index contributed by atoms with van der Waals surface area (Å²) in [5.41, 5.74) is 0. The Morgan fingerprint density at radius 1 is 1.67 bits per heavy atom. The molecule has 0 saturated carbocycles. The van der Waals surface area contributed by atoms with Crippen molar-refractivity contribution in [3.63, 3.8) is 0 Å². The van der Waals surface area contributed by atoms with Crippen molar-refractivity contribution < 1.29 is 4.79 Å². The normalized spacial score (nSPS) is 28.2. The summed E-state index contributed by atoms with van der Waals surface area (Å²) in [6.45, 7) is 8.04. The largest absolute Gasteiger partial charge is 0.334 e. The van der Waals surface area contributed by atoms with Crippen LogP contribution in [0.25, 0.3) is 0 Å². The summed E-state index contributed by atoms with van der Waals surface area (Å²) < 4.78 is 0. The predicted octanol–water partition coefficient (Wildman–Crippen LogP) is -0.0771. The summed E-state index contributed by atoms with van der Waals surface area (Å²) in [5, 5.41) is 3.06. The van der Waals surface area contributed by atoms with Gasteiger partial charge in [-0.1, -0.05) is 6.08 Å². The summed E-state index contributed by atoms with van der Waals surface area (Å²) >= 11 is 0. The van der Waals surface area contributed by atoms with Crippen LogP contribution in [0.2, 0.25) is 0 Å². The Kier molecular flexibility index (Phi) is 4.29. The molecule has 0 aromatic carbocycles. The van der Waals surface area contributed by atoms with Crippen LogP contribution in [0.4, 0.5) is 0 Å². The van der Waals surface area contributed by atoms with Gasteiger partial charge in [0.1, 0.15) is 6.04 Å². The van der Waals surface area contributed by atoms with Crippen molar-refractivity contribution in [3.05, 3.63) is 12.7 Å². The fourth-order valence-corrected chi connectivity index (χ4v) is 2.09. The number of hydrogen-bond donors (Lipinski definition) is 1. The van der Waals surface area contributed by atoms with Gasteiger partial charge in [0.15, 0.2) is 0 Å². The molecule has 0 spiro atoms. The van der Waals surface area contributed by atoms with E-state index >= 15 is 0 Å². The Morgan fingerprint density at radius 3 is 2.87 bits per heavy atom. The minimum absolute atomic E-state index is 0.0360. The first-order valence-electron chi connectivity index (χ1n) is 5.38. The number of nitrogens with zero attached hydrogens (tertiary/aromatic N) is 2. The van der Waals surface area contributed by atoms with Gasteiger partial charge >= 0.3 is 0 Å². The van der Waals surface area contributed by atoms with Crippen LogP contribution in [0.1, 0.15) is 6.92 Å². The zero-order valence-electron chi connectivity index (χ0n) is 9.86. The Morgan fingerprint density at radius 2 is 2.33 bits per heavy atom. The molecule has 1 heterocycles. The maximum Gasteiger partial charge on any atom is 0.241 e. The number of carbonyl (C=O) groups excluding carboxylic acids is 1. The molecule has 86 valence electrons. The molecule has 1 N–H and O–H groups in total. The van der Waals surface area contributed by atoms with Crippen LogP contribution < -0.4 is 5.32 Å². The predicted molar refractivity (Wildman–Crippen MR) is 61.7 cm³/mol. The standard InChI is InChI=1S/C11H21N3O/c1-5-6-14-9(2)8-13(4)10(7-12-3)11(14)15/h5,9-10,12H,1,6-8H2,2-4H3. The van der Waals surface area contributed by atoms with E-state index in [1.54, 1.807) is 6.08 Å². The number of hydrogen-bond acceptors (Lipinski definition) is 3. The summed E-state index contributed by atoms with van der Waals surface area (Å²) in [4.78, 5) is 16.1. The van der Waals surface area contributed by atoms with Crippen LogP contribution in [-0.4, -0.2) is 61.5 Å². The van der Waals surface area contributed by atoms with Crippen LogP contribution >= 0.6 is 0 Å². The van der Waals surface area contributed by atoms with Gasteiger partial charge in [0.25, 0.3) is 0 Å². The fourth-order valence-electron chi connectivity index (χ4n) is 2.09. The Hall–Kier alpha value is -0.870. The molecule has 1 aliphatic rings. The second-order valence-electron chi connectivity index (χ2n) is 4.14. The van der Waals surface area contributed by atoms with Gasteiger partial charge in [-0.3, -0.25) is 9.69 Å². The maximum absolute atomic E-state index is 12.1. The van der Waals surface area contributed by atoms with Crippen LogP contribution in [-0.2, 0) is 4.79 Å². The molecule has 1 rings (SSSR count). The molecule has 2 atom stereocenters. The van der Waals surface area contributed by atoms with Gasteiger partial charge in [0, 0.05) is 25.7 Å². The molecule has 0 aliphatic carbocycles. The molecule has 0 aromatic rings. The number of amides is 1. The molecule has 0 aromatic heterocycles. The first-order valence-corrected chi connectivity index (χ1v) is 5.38. The highest BCUT2D eigenvalue weighted by Gasteiger charge is 2.35. The third-order valence-corrected chi connectivity index (χ3v) is 2.91. The van der Waals surface area contributed by atoms with E-state index in [1.807, 2.05) is 19.0 Å². The second-order valence-corrected chi connectivity index (χ2v) is 4.14. The number of rotatable bonds is 4. The summed E-state index contributed by atoms with van der Waals surface area (Å²) in [6.07, 6.45) is 1.79. The van der Waals surface area contributed by atoms with Crippen molar-refractivity contribution in [2.24, 2.45) is 0 Å². The fraction of sp³-hybridized carbons (Fsp3) is 0.727. The molecule has 1 fully saturated rings. The van der Waals surface area contributed by atoms with Crippen molar-refractivity contribution in [1.82, 2.24) is 15.1 Å². The van der Waals surface area contributed by atoms with Gasteiger partial charge in [0.05, 0.1) is 0 Å². The van der Waals surface area contributed by atoms with Gasteiger partial charge in [0.2, 0.25) is 5.91 Å². The third kappa shape index (κ3) is 2.58. The maximum atomic E-state index is 12.1. The lowest BCUT2D eigenvalue weighted by Gasteiger charge is -2.42. The monoisotopic (exact) mass is 211 g/mol. The summed E-state index contributed by atoms with van der Waals surface area (Å²) in [6, 6.07) is 0.236. The zero-order valence-corrected chi connectivity index (χ0v) is 9.86. The molecular weight excluding hydrogens is 190 g/mol. The average molecular weight is 211 g/mol. The molecule has 1 aliphatic heterocycles. The van der Waals surface area contributed by atoms with Crippen molar-refractivity contribution in [2.75, 3.05) is 33.7 Å².